The highest BCUT2D eigenvalue weighted by Gasteiger charge is 2.19. The normalized spacial score (nSPS) is 16.4. The van der Waals surface area contributed by atoms with Crippen molar-refractivity contribution in [1.29, 1.82) is 0 Å². The zero-order chi connectivity index (χ0) is 17.6. The molecule has 1 unspecified atom stereocenters. The second-order valence-corrected chi connectivity index (χ2v) is 6.24. The molecule has 2 aromatic carbocycles. The number of rotatable bonds is 5. The van der Waals surface area contributed by atoms with E-state index < -0.39 is 12.6 Å². The van der Waals surface area contributed by atoms with Gasteiger partial charge in [0, 0.05) is 11.6 Å². The van der Waals surface area contributed by atoms with E-state index in [9.17, 15) is 9.59 Å². The highest BCUT2D eigenvalue weighted by atomic mass is 16.5. The standard InChI is InChI=1S/C20H21NO4/c22-19(23)13-25-18-10-8-15(9-11-18)20(24)21-17-7-3-6-14-4-1-2-5-16(14)12-17/h1-2,4-5,8-11,17H,3,6-7,12-13H2,(H,21,24)(H,22,23). The molecule has 1 aliphatic rings. The number of aliphatic carboxylic acids is 1. The van der Waals surface area contributed by atoms with Crippen LogP contribution >= 0.6 is 0 Å². The van der Waals surface area contributed by atoms with Gasteiger partial charge in [-0.05, 0) is 61.1 Å². The Hall–Kier alpha value is -2.82. The first-order chi connectivity index (χ1) is 12.1. The van der Waals surface area contributed by atoms with E-state index in [4.69, 9.17) is 9.84 Å². The van der Waals surface area contributed by atoms with Gasteiger partial charge in [-0.25, -0.2) is 4.79 Å². The average molecular weight is 339 g/mol. The Morgan fingerprint density at radius 1 is 1.08 bits per heavy atom. The highest BCUT2D eigenvalue weighted by Crippen LogP contribution is 2.21. The maximum Gasteiger partial charge on any atom is 0.341 e. The number of ether oxygens (including phenoxy) is 1. The largest absolute Gasteiger partial charge is 0.482 e. The third-order valence-corrected chi connectivity index (χ3v) is 4.40. The third-order valence-electron chi connectivity index (χ3n) is 4.40. The van der Waals surface area contributed by atoms with E-state index in [1.807, 2.05) is 6.07 Å². The maximum absolute atomic E-state index is 12.5. The summed E-state index contributed by atoms with van der Waals surface area (Å²) in [6.45, 7) is -0.396. The Bertz CT molecular complexity index is 755. The van der Waals surface area contributed by atoms with Crippen molar-refractivity contribution in [2.75, 3.05) is 6.61 Å². The second kappa shape index (κ2) is 7.83. The number of amides is 1. The highest BCUT2D eigenvalue weighted by molar-refractivity contribution is 5.94. The number of hydrogen-bond acceptors (Lipinski definition) is 3. The summed E-state index contributed by atoms with van der Waals surface area (Å²) in [4.78, 5) is 23.0. The SMILES string of the molecule is O=C(O)COc1ccc(C(=O)NC2CCCc3ccccc3C2)cc1. The molecule has 5 heteroatoms. The van der Waals surface area contributed by atoms with Gasteiger partial charge in [-0.2, -0.15) is 0 Å². The van der Waals surface area contributed by atoms with Gasteiger partial charge in [0.2, 0.25) is 0 Å². The van der Waals surface area contributed by atoms with Gasteiger partial charge in [-0.1, -0.05) is 24.3 Å². The molecule has 0 spiro atoms. The lowest BCUT2D eigenvalue weighted by atomic mass is 10.0. The maximum atomic E-state index is 12.5. The Morgan fingerprint density at radius 3 is 2.52 bits per heavy atom. The molecule has 0 saturated carbocycles. The molecule has 2 N–H and O–H groups in total. The van der Waals surface area contributed by atoms with Crippen molar-refractivity contribution in [1.82, 2.24) is 5.32 Å². The van der Waals surface area contributed by atoms with E-state index in [1.165, 1.54) is 11.1 Å². The zero-order valence-corrected chi connectivity index (χ0v) is 13.9. The molecule has 0 bridgehead atoms. The minimum Gasteiger partial charge on any atom is -0.482 e. The van der Waals surface area contributed by atoms with Crippen molar-refractivity contribution in [2.24, 2.45) is 0 Å². The minimum absolute atomic E-state index is 0.117. The van der Waals surface area contributed by atoms with Crippen molar-refractivity contribution >= 4 is 11.9 Å². The van der Waals surface area contributed by atoms with Gasteiger partial charge in [-0.15, -0.1) is 0 Å². The van der Waals surface area contributed by atoms with Crippen molar-refractivity contribution < 1.29 is 19.4 Å². The molecule has 1 atom stereocenters. The molecule has 0 heterocycles. The van der Waals surface area contributed by atoms with Crippen LogP contribution in [0.1, 0.15) is 34.3 Å². The van der Waals surface area contributed by atoms with Crippen LogP contribution in [0, 0.1) is 0 Å². The van der Waals surface area contributed by atoms with Crippen LogP contribution in [0.4, 0.5) is 0 Å². The van der Waals surface area contributed by atoms with Crippen LogP contribution in [0.15, 0.2) is 48.5 Å². The summed E-state index contributed by atoms with van der Waals surface area (Å²) in [5.41, 5.74) is 3.22. The monoisotopic (exact) mass is 339 g/mol. The first-order valence-electron chi connectivity index (χ1n) is 8.44. The molecular weight excluding hydrogens is 318 g/mol. The Balaban J connectivity index is 1.61. The first kappa shape index (κ1) is 17.0. The summed E-state index contributed by atoms with van der Waals surface area (Å²) in [5, 5.41) is 11.7. The fourth-order valence-corrected chi connectivity index (χ4v) is 3.15. The van der Waals surface area contributed by atoms with Crippen molar-refractivity contribution in [2.45, 2.75) is 31.7 Å². The van der Waals surface area contributed by atoms with E-state index in [0.29, 0.717) is 11.3 Å². The predicted octanol–water partition coefficient (Wildman–Crippen LogP) is 2.83. The van der Waals surface area contributed by atoms with Crippen molar-refractivity contribution in [3.8, 4) is 5.75 Å². The zero-order valence-electron chi connectivity index (χ0n) is 13.9. The fourth-order valence-electron chi connectivity index (χ4n) is 3.15. The second-order valence-electron chi connectivity index (χ2n) is 6.24. The van der Waals surface area contributed by atoms with Crippen LogP contribution in [0.2, 0.25) is 0 Å². The molecule has 1 amide bonds. The van der Waals surface area contributed by atoms with E-state index in [1.54, 1.807) is 24.3 Å². The van der Waals surface area contributed by atoms with Gasteiger partial charge in [0.25, 0.3) is 5.91 Å². The van der Waals surface area contributed by atoms with Crippen LogP contribution in [0.25, 0.3) is 0 Å². The molecule has 2 aromatic rings. The minimum atomic E-state index is -1.03. The van der Waals surface area contributed by atoms with Crippen LogP contribution < -0.4 is 10.1 Å². The number of carbonyl (C=O) groups is 2. The Kier molecular flexibility index (Phi) is 5.33. The van der Waals surface area contributed by atoms with E-state index in [0.717, 1.165) is 25.7 Å². The topological polar surface area (TPSA) is 75.6 Å². The summed E-state index contributed by atoms with van der Waals surface area (Å²) < 4.78 is 5.08. The number of carboxylic acids is 1. The lowest BCUT2D eigenvalue weighted by molar-refractivity contribution is -0.139. The van der Waals surface area contributed by atoms with Crippen molar-refractivity contribution in [3.05, 3.63) is 65.2 Å². The molecule has 25 heavy (non-hydrogen) atoms. The Morgan fingerprint density at radius 2 is 1.80 bits per heavy atom. The molecule has 130 valence electrons. The van der Waals surface area contributed by atoms with E-state index >= 15 is 0 Å². The van der Waals surface area contributed by atoms with Gasteiger partial charge in [0.05, 0.1) is 0 Å². The molecule has 0 saturated heterocycles. The van der Waals surface area contributed by atoms with Crippen LogP contribution in [0.3, 0.4) is 0 Å². The van der Waals surface area contributed by atoms with Crippen LogP contribution in [-0.2, 0) is 17.6 Å². The molecule has 0 aromatic heterocycles. The molecule has 3 rings (SSSR count). The smallest absolute Gasteiger partial charge is 0.341 e. The van der Waals surface area contributed by atoms with Crippen LogP contribution in [-0.4, -0.2) is 29.6 Å². The summed E-state index contributed by atoms with van der Waals surface area (Å²) in [6.07, 6.45) is 3.92. The molecule has 5 nitrogen and oxygen atoms in total. The molecule has 0 radical (unpaired) electrons. The Labute approximate surface area is 146 Å². The third kappa shape index (κ3) is 4.59. The molecule has 0 fully saturated rings. The number of aryl methyl sites for hydroxylation is 1. The summed E-state index contributed by atoms with van der Waals surface area (Å²) in [5.74, 6) is -0.716. The van der Waals surface area contributed by atoms with Gasteiger partial charge in [0.15, 0.2) is 6.61 Å². The molecule has 1 aliphatic carbocycles. The summed E-state index contributed by atoms with van der Waals surface area (Å²) in [7, 11) is 0. The van der Waals surface area contributed by atoms with E-state index in [-0.39, 0.29) is 11.9 Å². The van der Waals surface area contributed by atoms with Gasteiger partial charge in [0.1, 0.15) is 5.75 Å². The predicted molar refractivity (Wildman–Crippen MR) is 93.9 cm³/mol. The quantitative estimate of drug-likeness (QED) is 0.822. The number of fused-ring (bicyclic) bond motifs is 1. The number of nitrogens with one attached hydrogen (secondary N) is 1. The number of carbonyl (C=O) groups excluding carboxylic acids is 1. The van der Waals surface area contributed by atoms with Crippen LogP contribution in [0.5, 0.6) is 5.75 Å². The number of carboxylic acid groups (broad SMARTS) is 1. The first-order valence-corrected chi connectivity index (χ1v) is 8.44. The number of benzene rings is 2. The van der Waals surface area contributed by atoms with Gasteiger partial charge >= 0.3 is 5.97 Å². The number of hydrogen-bond donors (Lipinski definition) is 2. The van der Waals surface area contributed by atoms with Gasteiger partial charge in [-0.3, -0.25) is 4.79 Å². The lowest BCUT2D eigenvalue weighted by Gasteiger charge is -2.17. The van der Waals surface area contributed by atoms with Gasteiger partial charge < -0.3 is 15.2 Å². The van der Waals surface area contributed by atoms with Crippen molar-refractivity contribution in [3.63, 3.8) is 0 Å². The lowest BCUT2D eigenvalue weighted by Crippen LogP contribution is -2.36. The molecule has 0 aliphatic heterocycles. The summed E-state index contributed by atoms with van der Waals surface area (Å²) in [6, 6.07) is 15.0. The molecular formula is C20H21NO4. The summed E-state index contributed by atoms with van der Waals surface area (Å²) >= 11 is 0. The average Bonchev–Trinajstić information content (AvgIpc) is 2.82. The van der Waals surface area contributed by atoms with E-state index in [2.05, 4.69) is 23.5 Å². The fraction of sp³-hybridized carbons (Fsp3) is 0.300.